The van der Waals surface area contributed by atoms with Crippen molar-refractivity contribution in [1.29, 1.82) is 0 Å². The van der Waals surface area contributed by atoms with Gasteiger partial charge in [0.05, 0.1) is 84.8 Å². The number of fused-ring (bicyclic) bond motifs is 16. The van der Waals surface area contributed by atoms with Crippen LogP contribution in [0, 0.1) is 11.8 Å². The number of Topliss-reactive ketones (excluding diaryl/α,β-unsaturated/α-hetero) is 2. The van der Waals surface area contributed by atoms with Crippen molar-refractivity contribution in [3.63, 3.8) is 0 Å². The summed E-state index contributed by atoms with van der Waals surface area (Å²) in [5.74, 6) is -20.2. The molecule has 6 aromatic carbocycles. The fraction of sp³-hybridized carbons (Fsp3) is 0.432. The lowest BCUT2D eigenvalue weighted by molar-refractivity contribution is -0.333. The van der Waals surface area contributed by atoms with Crippen LogP contribution in [0.4, 0.5) is 10.5 Å². The molecule has 6 aromatic rings. The number of phenols is 4. The highest BCUT2D eigenvalue weighted by atomic mass is 35.5. The number of primary amides is 3. The first-order valence-electron chi connectivity index (χ1n) is 38.6. The van der Waals surface area contributed by atoms with Gasteiger partial charge in [0.25, 0.3) is 5.91 Å². The Bertz CT molecular complexity index is 4970. The Morgan fingerprint density at radius 3 is 2.01 bits per heavy atom. The summed E-state index contributed by atoms with van der Waals surface area (Å²) in [4.78, 5) is 142. The van der Waals surface area contributed by atoms with Crippen molar-refractivity contribution < 1.29 is 142 Å². The number of carbonyl (C=O) groups is 10. The predicted molar refractivity (Wildman–Crippen MR) is 431 cm³/mol. The molecule has 6 aliphatic heterocycles. The van der Waals surface area contributed by atoms with Gasteiger partial charge in [0.2, 0.25) is 47.5 Å². The van der Waals surface area contributed by atoms with Gasteiger partial charge < -0.3 is 154 Å². The minimum absolute atomic E-state index is 0.0984. The largest absolute Gasteiger partial charge is 0.508 e. The number of benzene rings is 6. The number of rotatable bonds is 24. The molecule has 12 rings (SSSR count). The van der Waals surface area contributed by atoms with Crippen molar-refractivity contribution in [3.05, 3.63) is 134 Å². The van der Waals surface area contributed by atoms with Crippen molar-refractivity contribution >= 4 is 87.9 Å². The van der Waals surface area contributed by atoms with Crippen LogP contribution in [-0.4, -0.2) is 224 Å². The van der Waals surface area contributed by atoms with Gasteiger partial charge in [-0.3, -0.25) is 43.2 Å². The average Bonchev–Trinajstić information content (AvgIpc) is 0.768. The molecule has 40 nitrogen and oxygen atoms in total. The summed E-state index contributed by atoms with van der Waals surface area (Å²) < 4.78 is 54.8. The molecule has 2 fully saturated rings. The van der Waals surface area contributed by atoms with Gasteiger partial charge in [-0.25, -0.2) is 4.79 Å². The summed E-state index contributed by atoms with van der Waals surface area (Å²) in [6, 6.07) is 9.20. The number of amides is 8. The van der Waals surface area contributed by atoms with Gasteiger partial charge in [0, 0.05) is 55.0 Å². The minimum atomic E-state index is -2.22. The Morgan fingerprint density at radius 1 is 0.724 bits per heavy atom. The number of aliphatic hydroxyl groups excluding tert-OH is 6. The number of aliphatic hydroxyl groups is 6. The van der Waals surface area contributed by atoms with Crippen molar-refractivity contribution in [3.8, 4) is 68.6 Å². The number of nitrogens with two attached hydrogens (primary N) is 5. The van der Waals surface area contributed by atoms with Gasteiger partial charge in [0.15, 0.2) is 41.2 Å². The molecule has 9 bridgehead atoms. The van der Waals surface area contributed by atoms with Crippen LogP contribution >= 0.6 is 23.2 Å². The summed E-state index contributed by atoms with van der Waals surface area (Å²) in [6.45, 7) is 4.22. The molecule has 664 valence electrons. The number of aromatic hydroxyl groups is 4. The number of hydrogen-bond acceptors (Lipinski definition) is 32. The molecular formula is C81H97Cl2N11O29. The molecule has 6 heterocycles. The lowest BCUT2D eigenvalue weighted by Gasteiger charge is -2.47. The number of phenolic OH excluding ortho intramolecular Hbond substituents is 3. The average molecular weight is 1760 g/mol. The first kappa shape index (κ1) is 93.9. The molecule has 42 heteroatoms. The van der Waals surface area contributed by atoms with Crippen LogP contribution in [0.2, 0.25) is 10.0 Å². The molecule has 26 N–H and O–H groups in total. The molecule has 2 saturated heterocycles. The van der Waals surface area contributed by atoms with E-state index in [0.29, 0.717) is 0 Å². The van der Waals surface area contributed by atoms with E-state index in [4.69, 9.17) is 94.5 Å². The lowest BCUT2D eigenvalue weighted by atomic mass is 9.85. The molecule has 0 radical (unpaired) electrons. The SMILES string of the molecule is CN[C@H](CC(C)C)C(=O)N[C@H]1C(=O)C[C@@H](CC(N)=O)C(=O)N[C@H]2C(=O)C[C@@H](C(N)=O)c3ccc(O)c(c3)-c3c(O)cc(O)cc3C(C(=O)NCOCCOCCNC(=O)Oc3ccc(N)c(O)c3C(N)=O)NC(=O)C[C@H](O)c3ccc(c(Cl)c3)Oc3cc2cc(c3OC2O[C@@H](CO)[C@@H](O)[C@H](O)[C@@H]2O[C@@H]2C[C@](C)(N)[C@H](O)[C@@H](C)O2)Oc2ccc(cc2Cl)[C@H]1O. The molecular weight excluding hydrogens is 1660 g/mol. The van der Waals surface area contributed by atoms with E-state index in [-0.39, 0.29) is 89.8 Å². The molecule has 6 aliphatic rings. The normalized spacial score (nSPS) is 25.3. The van der Waals surface area contributed by atoms with Crippen molar-refractivity contribution in [1.82, 2.24) is 31.9 Å². The summed E-state index contributed by atoms with van der Waals surface area (Å²) in [5.41, 5.74) is 25.0. The highest BCUT2D eigenvalue weighted by Crippen LogP contribution is 2.50. The number of likely N-dealkylation sites (N-methyl/N-ethyl adjacent to an activating group) is 1. The van der Waals surface area contributed by atoms with Crippen molar-refractivity contribution in [2.45, 2.75) is 163 Å². The van der Waals surface area contributed by atoms with Crippen molar-refractivity contribution in [2.24, 2.45) is 34.8 Å². The number of ketones is 2. The van der Waals surface area contributed by atoms with Gasteiger partial charge >= 0.3 is 6.09 Å². The fourth-order valence-electron chi connectivity index (χ4n) is 14.4. The van der Waals surface area contributed by atoms with Crippen molar-refractivity contribution in [2.75, 3.05) is 52.5 Å². The lowest BCUT2D eigenvalue weighted by Crippen LogP contribution is -2.64. The van der Waals surface area contributed by atoms with E-state index < -0.39 is 274 Å². The second kappa shape index (κ2) is 40.8. The topological polar surface area (TPSA) is 658 Å². The maximum Gasteiger partial charge on any atom is 0.412 e. The van der Waals surface area contributed by atoms with Crippen LogP contribution in [0.3, 0.4) is 0 Å². The molecule has 17 atom stereocenters. The van der Waals surface area contributed by atoms with E-state index in [1.807, 2.05) is 13.8 Å². The van der Waals surface area contributed by atoms with E-state index >= 15 is 14.4 Å². The first-order valence-corrected chi connectivity index (χ1v) is 39.4. The number of hydrogen-bond donors (Lipinski definition) is 21. The smallest absolute Gasteiger partial charge is 0.412 e. The monoisotopic (exact) mass is 1760 g/mol. The Labute approximate surface area is 711 Å². The first-order chi connectivity index (χ1) is 58.2. The van der Waals surface area contributed by atoms with Gasteiger partial charge in [-0.1, -0.05) is 55.2 Å². The zero-order valence-electron chi connectivity index (χ0n) is 66.8. The van der Waals surface area contributed by atoms with E-state index in [1.54, 1.807) is 0 Å². The quantitative estimate of drug-likeness (QED) is 0.0177. The highest BCUT2D eigenvalue weighted by molar-refractivity contribution is 6.32. The van der Waals surface area contributed by atoms with E-state index in [2.05, 4.69) is 31.9 Å². The standard InChI is InChI=1S/C81H97Cl2N11O29/c1-33(2)18-47(89-5)77(112)94-66-51(100)22-39(25-59(85)102)76(111)93-64-38-23-56(71(57(24-38)119-54-12-8-37(67(66)104)21-45(54)83)123-79-72(70(107)69(106)58(31-95)120-79)122-61-30-81(4,88)73(108)34(3)117-61)118-53-11-7-36(20-44(53)82)49(98)29-60(103)92-65(43-26-40(96)27-50(99)62(43)42-19-35(6-10-48(42)97)41(74(86)109)28-52(64)101)78(113)91-32-116-17-16-115-15-14-90-80(114)121-55-13-9-46(84)68(105)63(55)75(87)110/h6-13,19-21,23-24,26-27,33-34,39,41,47,49,58,61,64-67,69-70,72-73,79,89,95-99,104-108H,14-18,22,25,28-32,84,88H2,1-5H3,(H2,85,102)(H2,86,109)(H2,87,110)(H,90,114)(H,91,113)(H,92,103)(H,93,111)(H,94,112)/t34-,39+,41-,47-,49+,58+,61-,64-,65?,66+,67-,69-,70+,72+,73-,79?,81+/m1/s1. The molecule has 123 heavy (non-hydrogen) atoms. The van der Waals surface area contributed by atoms with Crippen LogP contribution < -0.4 is 79.5 Å². The Balaban J connectivity index is 1.09. The maximum absolute atomic E-state index is 16.1. The second-order valence-corrected chi connectivity index (χ2v) is 31.3. The molecule has 0 aromatic heterocycles. The van der Waals surface area contributed by atoms with E-state index in [9.17, 15) is 84.6 Å². The van der Waals surface area contributed by atoms with E-state index in [1.165, 1.54) is 45.2 Å². The summed E-state index contributed by atoms with van der Waals surface area (Å²) in [5, 5.41) is 130. The van der Waals surface area contributed by atoms with E-state index in [0.717, 1.165) is 66.7 Å². The summed E-state index contributed by atoms with van der Waals surface area (Å²) in [7, 11) is 1.48. The summed E-state index contributed by atoms with van der Waals surface area (Å²) >= 11 is 14.2. The number of carbonyl (C=O) groups excluding carboxylic acids is 10. The Hall–Kier alpha value is -11.3. The molecule has 0 aliphatic carbocycles. The molecule has 0 spiro atoms. The van der Waals surface area contributed by atoms with Crippen LogP contribution in [0.5, 0.6) is 57.5 Å². The number of nitrogens with one attached hydrogen (secondary N) is 6. The maximum atomic E-state index is 16.1. The fourth-order valence-corrected chi connectivity index (χ4v) is 14.9. The van der Waals surface area contributed by atoms with Gasteiger partial charge in [-0.15, -0.1) is 0 Å². The van der Waals surface area contributed by atoms with Crippen LogP contribution in [-0.2, 0) is 62.0 Å². The second-order valence-electron chi connectivity index (χ2n) is 30.5. The molecule has 8 amide bonds. The van der Waals surface area contributed by atoms with Crippen LogP contribution in [0.15, 0.2) is 91.0 Å². The highest BCUT2D eigenvalue weighted by Gasteiger charge is 2.51. The number of anilines is 1. The van der Waals surface area contributed by atoms with Gasteiger partial charge in [-0.2, -0.15) is 0 Å². The Morgan fingerprint density at radius 2 is 1.38 bits per heavy atom. The minimum Gasteiger partial charge on any atom is -0.508 e. The number of halogens is 2. The van der Waals surface area contributed by atoms with Crippen LogP contribution in [0.1, 0.15) is 135 Å². The zero-order chi connectivity index (χ0) is 89.9. The third-order valence-corrected chi connectivity index (χ3v) is 21.4. The number of ether oxygens (including phenoxy) is 9. The zero-order valence-corrected chi connectivity index (χ0v) is 68.3. The molecule has 0 saturated carbocycles. The molecule has 2 unspecified atom stereocenters. The predicted octanol–water partition coefficient (Wildman–Crippen LogP) is 1.66. The summed E-state index contributed by atoms with van der Waals surface area (Å²) in [6.07, 6.45) is -22.3. The Kier molecular flexibility index (Phi) is 31.1. The third-order valence-electron chi connectivity index (χ3n) is 20.8. The van der Waals surface area contributed by atoms with Gasteiger partial charge in [-0.05, 0) is 128 Å². The van der Waals surface area contributed by atoms with Gasteiger partial charge in [0.1, 0.15) is 89.3 Å². The third kappa shape index (κ3) is 22.8. The number of nitrogen functional groups attached to an aromatic ring is 1. The van der Waals surface area contributed by atoms with Crippen LogP contribution in [0.25, 0.3) is 11.1 Å².